The Morgan fingerprint density at radius 3 is 2.88 bits per heavy atom. The van der Waals surface area contributed by atoms with Crippen LogP contribution < -0.4 is 10.6 Å². The zero-order chi connectivity index (χ0) is 10.8. The van der Waals surface area contributed by atoms with E-state index >= 15 is 0 Å². The molecular weight excluding hydrogens is 297 g/mol. The summed E-state index contributed by atoms with van der Waals surface area (Å²) in [6, 6.07) is 3.58. The second-order valence-corrected chi connectivity index (χ2v) is 4.10. The number of nitrogens with two attached hydrogens (primary N) is 1. The van der Waals surface area contributed by atoms with Gasteiger partial charge in [0.1, 0.15) is 11.9 Å². The van der Waals surface area contributed by atoms with Crippen LogP contribution in [0.1, 0.15) is 0 Å². The van der Waals surface area contributed by atoms with Crippen molar-refractivity contribution in [2.45, 2.75) is 6.10 Å². The van der Waals surface area contributed by atoms with Crippen molar-refractivity contribution in [3.8, 4) is 0 Å². The molecule has 1 aromatic rings. The van der Waals surface area contributed by atoms with Gasteiger partial charge in [0.05, 0.1) is 6.54 Å². The Morgan fingerprint density at radius 2 is 2.38 bits per heavy atom. The summed E-state index contributed by atoms with van der Waals surface area (Å²) in [4.78, 5) is 17.0. The van der Waals surface area contributed by atoms with Gasteiger partial charge in [-0.2, -0.15) is 0 Å². The molecule has 5 nitrogen and oxygen atoms in total. The number of anilines is 1. The van der Waals surface area contributed by atoms with Gasteiger partial charge in [-0.1, -0.05) is 0 Å². The topological polar surface area (TPSA) is 68.5 Å². The molecule has 0 aromatic carbocycles. The Hall–Kier alpha value is -0.850. The summed E-state index contributed by atoms with van der Waals surface area (Å²) in [5.74, 6) is 0.583. The first-order valence-electron chi connectivity index (χ1n) is 4.50. The first-order valence-corrected chi connectivity index (χ1v) is 5.30. The molecule has 1 aliphatic heterocycles. The Morgan fingerprint density at radius 1 is 1.62 bits per heavy atom. The number of cyclic esters (lactones) is 1. The lowest BCUT2D eigenvalue weighted by Crippen LogP contribution is -2.27. The number of aromatic nitrogens is 1. The first kappa shape index (κ1) is 13.2. The number of halogens is 2. The summed E-state index contributed by atoms with van der Waals surface area (Å²) in [6.07, 6.45) is 1.02. The number of pyridine rings is 1. The van der Waals surface area contributed by atoms with Gasteiger partial charge < -0.3 is 10.5 Å². The molecule has 1 aromatic heterocycles. The monoisotopic (exact) mass is 307 g/mol. The quantitative estimate of drug-likeness (QED) is 0.900. The summed E-state index contributed by atoms with van der Waals surface area (Å²) in [5.41, 5.74) is 5.43. The van der Waals surface area contributed by atoms with Crippen LogP contribution in [0.15, 0.2) is 22.8 Å². The molecule has 2 rings (SSSR count). The fourth-order valence-corrected chi connectivity index (χ4v) is 1.59. The van der Waals surface area contributed by atoms with Crippen molar-refractivity contribution < 1.29 is 9.53 Å². The van der Waals surface area contributed by atoms with Crippen LogP contribution in [-0.2, 0) is 4.74 Å². The number of hydrogen-bond acceptors (Lipinski definition) is 4. The first-order chi connectivity index (χ1) is 7.20. The summed E-state index contributed by atoms with van der Waals surface area (Å²) in [7, 11) is 0. The lowest BCUT2D eigenvalue weighted by Gasteiger charge is -2.10. The highest BCUT2D eigenvalue weighted by Gasteiger charge is 2.31. The molecule has 2 heterocycles. The van der Waals surface area contributed by atoms with E-state index in [1.807, 2.05) is 6.07 Å². The molecule has 2 N–H and O–H groups in total. The molecule has 1 amide bonds. The van der Waals surface area contributed by atoms with Crippen LogP contribution in [0.4, 0.5) is 10.6 Å². The molecule has 0 radical (unpaired) electrons. The lowest BCUT2D eigenvalue weighted by molar-refractivity contribution is 0.145. The van der Waals surface area contributed by atoms with Crippen LogP contribution in [0.3, 0.4) is 0 Å². The van der Waals surface area contributed by atoms with Crippen molar-refractivity contribution in [3.05, 3.63) is 22.8 Å². The van der Waals surface area contributed by atoms with E-state index in [9.17, 15) is 4.79 Å². The zero-order valence-electron chi connectivity index (χ0n) is 8.30. The number of rotatable bonds is 2. The fraction of sp³-hybridized carbons (Fsp3) is 0.333. The highest BCUT2D eigenvalue weighted by atomic mass is 79.9. The number of amides is 1. The molecule has 88 valence electrons. The van der Waals surface area contributed by atoms with Crippen LogP contribution >= 0.6 is 28.3 Å². The minimum Gasteiger partial charge on any atom is -0.443 e. The molecule has 7 heteroatoms. The van der Waals surface area contributed by atoms with E-state index in [0.717, 1.165) is 4.47 Å². The van der Waals surface area contributed by atoms with Crippen LogP contribution in [-0.4, -0.2) is 30.3 Å². The van der Waals surface area contributed by atoms with Crippen molar-refractivity contribution in [1.29, 1.82) is 0 Å². The highest BCUT2D eigenvalue weighted by Crippen LogP contribution is 2.20. The molecule has 0 saturated carbocycles. The largest absolute Gasteiger partial charge is 0.443 e. The Balaban J connectivity index is 0.00000128. The number of nitrogens with zero attached hydrogens (tertiary/aromatic N) is 2. The minimum absolute atomic E-state index is 0. The molecule has 16 heavy (non-hydrogen) atoms. The average Bonchev–Trinajstić information content (AvgIpc) is 2.61. The maximum Gasteiger partial charge on any atom is 0.415 e. The predicted molar refractivity (Wildman–Crippen MR) is 65.9 cm³/mol. The number of ether oxygens (including phenoxy) is 1. The molecule has 0 unspecified atom stereocenters. The summed E-state index contributed by atoms with van der Waals surface area (Å²) >= 11 is 3.28. The number of carbonyl (C=O) groups is 1. The van der Waals surface area contributed by atoms with Gasteiger partial charge in [-0.15, -0.1) is 12.4 Å². The van der Waals surface area contributed by atoms with E-state index in [4.69, 9.17) is 10.5 Å². The fourth-order valence-electron chi connectivity index (χ4n) is 1.36. The van der Waals surface area contributed by atoms with Gasteiger partial charge in [0.2, 0.25) is 0 Å². The van der Waals surface area contributed by atoms with Crippen molar-refractivity contribution in [2.75, 3.05) is 18.0 Å². The normalized spacial score (nSPS) is 19.2. The molecule has 1 aliphatic rings. The van der Waals surface area contributed by atoms with E-state index in [1.54, 1.807) is 12.3 Å². The molecule has 1 saturated heterocycles. The second kappa shape index (κ2) is 5.47. The van der Waals surface area contributed by atoms with Crippen molar-refractivity contribution in [2.24, 2.45) is 5.73 Å². The maximum absolute atomic E-state index is 11.4. The number of hydrogen-bond donors (Lipinski definition) is 1. The van der Waals surface area contributed by atoms with Crippen molar-refractivity contribution >= 4 is 40.2 Å². The van der Waals surface area contributed by atoms with Crippen LogP contribution in [0.25, 0.3) is 0 Å². The third-order valence-corrected chi connectivity index (χ3v) is 2.59. The highest BCUT2D eigenvalue weighted by molar-refractivity contribution is 9.10. The Bertz CT molecular complexity index is 374. The Kier molecular flexibility index (Phi) is 4.52. The van der Waals surface area contributed by atoms with Crippen molar-refractivity contribution in [1.82, 2.24) is 4.98 Å². The van der Waals surface area contributed by atoms with Crippen LogP contribution in [0, 0.1) is 0 Å². The molecule has 0 aliphatic carbocycles. The lowest BCUT2D eigenvalue weighted by atomic mass is 10.3. The van der Waals surface area contributed by atoms with Gasteiger partial charge >= 0.3 is 6.09 Å². The van der Waals surface area contributed by atoms with E-state index in [2.05, 4.69) is 20.9 Å². The summed E-state index contributed by atoms with van der Waals surface area (Å²) < 4.78 is 5.89. The van der Waals surface area contributed by atoms with Crippen LogP contribution in [0.5, 0.6) is 0 Å². The van der Waals surface area contributed by atoms with Gasteiger partial charge in [-0.3, -0.25) is 4.90 Å². The third kappa shape index (κ3) is 2.63. The van der Waals surface area contributed by atoms with Gasteiger partial charge in [0.15, 0.2) is 0 Å². The molecule has 0 spiro atoms. The van der Waals surface area contributed by atoms with E-state index in [-0.39, 0.29) is 24.6 Å². The van der Waals surface area contributed by atoms with Gasteiger partial charge in [0.25, 0.3) is 0 Å². The van der Waals surface area contributed by atoms with E-state index in [0.29, 0.717) is 18.9 Å². The average molecular weight is 309 g/mol. The smallest absolute Gasteiger partial charge is 0.415 e. The predicted octanol–water partition coefficient (Wildman–Crippen LogP) is 1.55. The molecule has 1 atom stereocenters. The van der Waals surface area contributed by atoms with Gasteiger partial charge in [0, 0.05) is 17.2 Å². The molecule has 1 fully saturated rings. The number of carbonyl (C=O) groups excluding carboxylic acids is 1. The van der Waals surface area contributed by atoms with E-state index < -0.39 is 0 Å². The van der Waals surface area contributed by atoms with Gasteiger partial charge in [-0.05, 0) is 28.1 Å². The SMILES string of the molecule is Cl.NC[C@H]1CN(c2ccc(Br)cn2)C(=O)O1. The van der Waals surface area contributed by atoms with E-state index in [1.165, 1.54) is 4.90 Å². The zero-order valence-corrected chi connectivity index (χ0v) is 10.7. The molecule has 0 bridgehead atoms. The summed E-state index contributed by atoms with van der Waals surface area (Å²) in [6.45, 7) is 0.794. The summed E-state index contributed by atoms with van der Waals surface area (Å²) in [5, 5.41) is 0. The van der Waals surface area contributed by atoms with Crippen molar-refractivity contribution in [3.63, 3.8) is 0 Å². The molecular formula is C9H11BrClN3O2. The third-order valence-electron chi connectivity index (χ3n) is 2.13. The minimum atomic E-state index is -0.389. The standard InChI is InChI=1S/C9H10BrN3O2.ClH/c10-6-1-2-8(12-4-6)13-5-7(3-11)15-9(13)14;/h1-2,4,7H,3,5,11H2;1H/t7-;/m0./s1. The van der Waals surface area contributed by atoms with Crippen LogP contribution in [0.2, 0.25) is 0 Å². The Labute approximate surface area is 108 Å². The van der Waals surface area contributed by atoms with Gasteiger partial charge in [-0.25, -0.2) is 9.78 Å². The second-order valence-electron chi connectivity index (χ2n) is 3.19. The maximum atomic E-state index is 11.4.